The number of hydrogen-bond acceptors (Lipinski definition) is 5. The minimum absolute atomic E-state index is 0.0572. The summed E-state index contributed by atoms with van der Waals surface area (Å²) in [5.41, 5.74) is 2.72. The van der Waals surface area contributed by atoms with E-state index in [1.165, 1.54) is 12.1 Å². The van der Waals surface area contributed by atoms with Crippen LogP contribution < -0.4 is 14.9 Å². The van der Waals surface area contributed by atoms with Crippen molar-refractivity contribution in [2.24, 2.45) is 0 Å². The number of aromatic carboxylic acids is 1. The molecule has 0 aliphatic carbocycles. The molecule has 0 spiro atoms. The van der Waals surface area contributed by atoms with E-state index in [4.69, 9.17) is 13.9 Å². The van der Waals surface area contributed by atoms with E-state index in [1.807, 2.05) is 30.3 Å². The van der Waals surface area contributed by atoms with Crippen LogP contribution in [-0.4, -0.2) is 24.8 Å². The van der Waals surface area contributed by atoms with Crippen LogP contribution in [0.1, 0.15) is 54.1 Å². The Bertz CT molecular complexity index is 1450. The molecule has 0 aliphatic rings. The minimum Gasteiger partial charge on any atom is -0.497 e. The van der Waals surface area contributed by atoms with Crippen LogP contribution in [0.15, 0.2) is 69.9 Å². The molecule has 0 bridgehead atoms. The normalized spacial score (nSPS) is 11.4. The number of allylic oxidation sites excluding steroid dienone is 1. The lowest BCUT2D eigenvalue weighted by Crippen LogP contribution is -2.07. The second-order valence-corrected chi connectivity index (χ2v) is 8.64. The summed E-state index contributed by atoms with van der Waals surface area (Å²) in [6, 6.07) is 15.8. The second-order valence-electron chi connectivity index (χ2n) is 8.64. The first-order chi connectivity index (χ1) is 17.5. The molecule has 6 heteroatoms. The Morgan fingerprint density at radius 1 is 1.03 bits per heavy atom. The Labute approximate surface area is 209 Å². The summed E-state index contributed by atoms with van der Waals surface area (Å²) in [6.45, 7) is 2.63. The second kappa shape index (κ2) is 11.6. The Morgan fingerprint density at radius 3 is 2.56 bits per heavy atom. The lowest BCUT2D eigenvalue weighted by Gasteiger charge is -2.13. The lowest BCUT2D eigenvalue weighted by molar-refractivity contribution is 0.0697. The lowest BCUT2D eigenvalue weighted by atomic mass is 10.0. The smallest absolute Gasteiger partial charge is 0.335 e. The van der Waals surface area contributed by atoms with E-state index in [2.05, 4.69) is 19.1 Å². The van der Waals surface area contributed by atoms with Gasteiger partial charge < -0.3 is 19.0 Å². The van der Waals surface area contributed by atoms with Crippen molar-refractivity contribution in [2.75, 3.05) is 13.7 Å². The Balaban J connectivity index is 1.44. The fraction of sp³-hybridized carbons (Fsp3) is 0.267. The largest absolute Gasteiger partial charge is 0.497 e. The van der Waals surface area contributed by atoms with Crippen molar-refractivity contribution in [3.05, 3.63) is 87.6 Å². The fourth-order valence-corrected chi connectivity index (χ4v) is 4.19. The van der Waals surface area contributed by atoms with E-state index in [0.717, 1.165) is 48.3 Å². The maximum atomic E-state index is 13.1. The van der Waals surface area contributed by atoms with Gasteiger partial charge in [-0.2, -0.15) is 0 Å². The maximum Gasteiger partial charge on any atom is 0.335 e. The van der Waals surface area contributed by atoms with Crippen LogP contribution in [0.4, 0.5) is 0 Å². The molecule has 0 saturated heterocycles. The van der Waals surface area contributed by atoms with Crippen molar-refractivity contribution in [1.82, 2.24) is 0 Å². The number of fused-ring (bicyclic) bond motifs is 2. The van der Waals surface area contributed by atoms with Gasteiger partial charge in [-0.05, 0) is 73.7 Å². The molecule has 0 fully saturated rings. The van der Waals surface area contributed by atoms with E-state index < -0.39 is 5.97 Å². The number of carboxylic acids is 1. The van der Waals surface area contributed by atoms with Gasteiger partial charge in [-0.3, -0.25) is 4.79 Å². The summed E-state index contributed by atoms with van der Waals surface area (Å²) < 4.78 is 17.4. The highest BCUT2D eigenvalue weighted by Crippen LogP contribution is 2.31. The molecule has 0 saturated carbocycles. The monoisotopic (exact) mass is 486 g/mol. The molecule has 0 amide bonds. The van der Waals surface area contributed by atoms with Crippen molar-refractivity contribution >= 4 is 34.0 Å². The summed E-state index contributed by atoms with van der Waals surface area (Å²) in [7, 11) is 1.66. The number of unbranched alkanes of at least 4 members (excludes halogenated alkanes) is 2. The molecular weight excluding hydrogens is 456 g/mol. The highest BCUT2D eigenvalue weighted by Gasteiger charge is 2.16. The number of benzene rings is 3. The average Bonchev–Trinajstić information content (AvgIpc) is 2.89. The third-order valence-corrected chi connectivity index (χ3v) is 6.09. The maximum absolute atomic E-state index is 13.1. The number of hydrogen-bond donors (Lipinski definition) is 1. The molecular formula is C30H30O6. The van der Waals surface area contributed by atoms with Crippen LogP contribution in [0.5, 0.6) is 11.5 Å². The molecule has 36 heavy (non-hydrogen) atoms. The molecule has 0 unspecified atom stereocenters. The molecule has 0 aliphatic heterocycles. The topological polar surface area (TPSA) is 86.0 Å². The van der Waals surface area contributed by atoms with Crippen molar-refractivity contribution in [2.45, 2.75) is 39.0 Å². The molecule has 0 atom stereocenters. The number of carboxylic acid groups (broad SMARTS) is 1. The van der Waals surface area contributed by atoms with Gasteiger partial charge in [0, 0.05) is 5.56 Å². The van der Waals surface area contributed by atoms with E-state index in [-0.39, 0.29) is 16.4 Å². The number of carbonyl (C=O) groups is 1. The van der Waals surface area contributed by atoms with Crippen LogP contribution in [0.2, 0.25) is 0 Å². The highest BCUT2D eigenvalue weighted by molar-refractivity contribution is 5.97. The average molecular weight is 487 g/mol. The first kappa shape index (κ1) is 25.0. The van der Waals surface area contributed by atoms with E-state index in [1.54, 1.807) is 19.2 Å². The summed E-state index contributed by atoms with van der Waals surface area (Å²) in [6.07, 6.45) is 8.69. The van der Waals surface area contributed by atoms with Crippen LogP contribution in [-0.2, 0) is 6.42 Å². The molecule has 186 valence electrons. The molecule has 4 rings (SSSR count). The quantitative estimate of drug-likeness (QED) is 0.184. The number of aryl methyl sites for hydroxylation is 1. The summed E-state index contributed by atoms with van der Waals surface area (Å²) in [5.74, 6) is 0.492. The van der Waals surface area contributed by atoms with Crippen LogP contribution >= 0.6 is 0 Å². The number of ether oxygens (including phenoxy) is 2. The van der Waals surface area contributed by atoms with E-state index >= 15 is 0 Å². The molecule has 6 nitrogen and oxygen atoms in total. The summed E-state index contributed by atoms with van der Waals surface area (Å²) in [4.78, 5) is 24.4. The van der Waals surface area contributed by atoms with Gasteiger partial charge >= 0.3 is 5.97 Å². The minimum atomic E-state index is -1.08. The predicted octanol–water partition coefficient (Wildman–Crippen LogP) is 6.87. The van der Waals surface area contributed by atoms with Crippen LogP contribution in [0.25, 0.3) is 28.0 Å². The van der Waals surface area contributed by atoms with Gasteiger partial charge in [0.2, 0.25) is 5.43 Å². The van der Waals surface area contributed by atoms with Crippen molar-refractivity contribution in [3.8, 4) is 11.5 Å². The number of rotatable bonds is 11. The van der Waals surface area contributed by atoms with Gasteiger partial charge in [0.05, 0.1) is 30.1 Å². The first-order valence-corrected chi connectivity index (χ1v) is 12.2. The standard InChI is InChI=1S/C30H30O6/c1-3-8-23-26(35-18-7-5-4-6-9-20-10-13-22(34-2)14-11-20)17-15-24-28(31)25-19-21(30(32)33)12-16-27(25)36-29(23)24/h6,9-17,19H,3-5,7-8,18H2,1-2H3,(H,32,33). The molecule has 1 heterocycles. The van der Waals surface area contributed by atoms with Gasteiger partial charge in [-0.15, -0.1) is 0 Å². The Kier molecular flexibility index (Phi) is 8.06. The third-order valence-electron chi connectivity index (χ3n) is 6.09. The fourth-order valence-electron chi connectivity index (χ4n) is 4.19. The first-order valence-electron chi connectivity index (χ1n) is 12.2. The molecule has 1 N–H and O–H groups in total. The zero-order valence-corrected chi connectivity index (χ0v) is 20.6. The van der Waals surface area contributed by atoms with Crippen LogP contribution in [0.3, 0.4) is 0 Å². The van der Waals surface area contributed by atoms with Gasteiger partial charge in [0.1, 0.15) is 22.7 Å². The van der Waals surface area contributed by atoms with Gasteiger partial charge in [0.15, 0.2) is 0 Å². The molecule has 1 aromatic heterocycles. The Morgan fingerprint density at radius 2 is 1.83 bits per heavy atom. The predicted molar refractivity (Wildman–Crippen MR) is 142 cm³/mol. The molecule has 3 aromatic carbocycles. The summed E-state index contributed by atoms with van der Waals surface area (Å²) >= 11 is 0. The zero-order valence-electron chi connectivity index (χ0n) is 20.6. The van der Waals surface area contributed by atoms with Gasteiger partial charge in [-0.25, -0.2) is 4.79 Å². The third kappa shape index (κ3) is 5.60. The zero-order chi connectivity index (χ0) is 25.5. The molecule has 0 radical (unpaired) electrons. The molecule has 4 aromatic rings. The van der Waals surface area contributed by atoms with E-state index in [9.17, 15) is 14.7 Å². The van der Waals surface area contributed by atoms with E-state index in [0.29, 0.717) is 29.6 Å². The van der Waals surface area contributed by atoms with Crippen molar-refractivity contribution in [1.29, 1.82) is 0 Å². The SMILES string of the molecule is CCCc1c(OCCCCC=Cc2ccc(OC)cc2)ccc2c(=O)c3cc(C(=O)O)ccc3oc12. The van der Waals surface area contributed by atoms with Crippen molar-refractivity contribution < 1.29 is 23.8 Å². The van der Waals surface area contributed by atoms with Gasteiger partial charge in [0.25, 0.3) is 0 Å². The van der Waals surface area contributed by atoms with Crippen LogP contribution in [0, 0.1) is 0 Å². The number of methoxy groups -OCH3 is 1. The Hall–Kier alpha value is -4.06. The summed E-state index contributed by atoms with van der Waals surface area (Å²) in [5, 5.41) is 9.96. The highest BCUT2D eigenvalue weighted by atomic mass is 16.5. The van der Waals surface area contributed by atoms with Gasteiger partial charge in [-0.1, -0.05) is 37.6 Å². The van der Waals surface area contributed by atoms with Crippen molar-refractivity contribution in [3.63, 3.8) is 0 Å².